The molecule has 1 saturated heterocycles. The first-order valence-electron chi connectivity index (χ1n) is 10.0. The fourth-order valence-electron chi connectivity index (χ4n) is 4.08. The van der Waals surface area contributed by atoms with Crippen molar-refractivity contribution in [3.63, 3.8) is 0 Å². The molecule has 0 aliphatic carbocycles. The molecule has 2 aromatic heterocycles. The van der Waals surface area contributed by atoms with Gasteiger partial charge < -0.3 is 14.7 Å². The predicted molar refractivity (Wildman–Crippen MR) is 118 cm³/mol. The van der Waals surface area contributed by atoms with Crippen LogP contribution in [0, 0.1) is 5.82 Å². The van der Waals surface area contributed by atoms with Gasteiger partial charge in [-0.15, -0.1) is 0 Å². The van der Waals surface area contributed by atoms with Crippen molar-refractivity contribution in [3.8, 4) is 11.6 Å². The molecule has 2 aromatic carbocycles. The minimum Gasteiger partial charge on any atom is -0.497 e. The molecule has 4 aromatic rings. The van der Waals surface area contributed by atoms with Crippen molar-refractivity contribution in [1.29, 1.82) is 0 Å². The molecule has 9 heteroatoms. The van der Waals surface area contributed by atoms with E-state index < -0.39 is 0 Å². The van der Waals surface area contributed by atoms with Crippen LogP contribution in [0.1, 0.15) is 16.5 Å². The van der Waals surface area contributed by atoms with Crippen molar-refractivity contribution < 1.29 is 14.2 Å². The molecule has 1 aliphatic heterocycles. The fourth-order valence-corrected chi connectivity index (χ4v) is 5.17. The minimum atomic E-state index is -0.228. The van der Waals surface area contributed by atoms with E-state index in [4.69, 9.17) is 4.74 Å². The van der Waals surface area contributed by atoms with Gasteiger partial charge in [-0.05, 0) is 42.0 Å². The molecule has 1 N–H and O–H groups in total. The highest BCUT2D eigenvalue weighted by Gasteiger charge is 2.31. The molecule has 1 atom stereocenters. The lowest BCUT2D eigenvalue weighted by Crippen LogP contribution is -2.47. The van der Waals surface area contributed by atoms with Crippen LogP contribution in [0.5, 0.6) is 11.6 Å². The quantitative estimate of drug-likeness (QED) is 0.513. The Morgan fingerprint density at radius 1 is 1.03 bits per heavy atom. The summed E-state index contributed by atoms with van der Waals surface area (Å²) in [6, 6.07) is 14.4. The lowest BCUT2D eigenvalue weighted by molar-refractivity contribution is 0.211. The Morgan fingerprint density at radius 3 is 2.39 bits per heavy atom. The number of methoxy groups -OCH3 is 1. The standard InChI is InChI=1S/C22H22FN5O2S/c1-30-18-8-2-15(3-9-18)19(20-21(29)28-22(31-20)24-14-25-28)27-12-10-26(11-13-27)17-6-4-16(23)5-7-17/h2-9,14,19,29H,10-13H2,1H3/t19-/m1/s1. The van der Waals surface area contributed by atoms with E-state index in [0.717, 1.165) is 48.1 Å². The van der Waals surface area contributed by atoms with Crippen LogP contribution in [0.25, 0.3) is 4.96 Å². The topological polar surface area (TPSA) is 66.1 Å². The molecular weight excluding hydrogens is 417 g/mol. The lowest BCUT2D eigenvalue weighted by Gasteiger charge is -2.40. The molecule has 0 saturated carbocycles. The molecule has 1 aliphatic rings. The number of hydrogen-bond acceptors (Lipinski definition) is 7. The van der Waals surface area contributed by atoms with Crippen LogP contribution in [0.4, 0.5) is 10.1 Å². The summed E-state index contributed by atoms with van der Waals surface area (Å²) in [5, 5.41) is 15.0. The van der Waals surface area contributed by atoms with Gasteiger partial charge in [-0.2, -0.15) is 9.61 Å². The van der Waals surface area contributed by atoms with Gasteiger partial charge in [-0.25, -0.2) is 9.37 Å². The zero-order chi connectivity index (χ0) is 21.4. The maximum absolute atomic E-state index is 13.3. The van der Waals surface area contributed by atoms with Gasteiger partial charge in [0.2, 0.25) is 10.8 Å². The van der Waals surface area contributed by atoms with E-state index >= 15 is 0 Å². The van der Waals surface area contributed by atoms with Gasteiger partial charge in [-0.1, -0.05) is 23.5 Å². The number of halogens is 1. The van der Waals surface area contributed by atoms with Gasteiger partial charge in [-0.3, -0.25) is 4.90 Å². The number of hydrogen-bond donors (Lipinski definition) is 1. The summed E-state index contributed by atoms with van der Waals surface area (Å²) in [7, 11) is 1.65. The zero-order valence-electron chi connectivity index (χ0n) is 17.0. The smallest absolute Gasteiger partial charge is 0.230 e. The Balaban J connectivity index is 1.45. The molecule has 0 unspecified atom stereocenters. The van der Waals surface area contributed by atoms with E-state index in [2.05, 4.69) is 19.9 Å². The third-order valence-electron chi connectivity index (χ3n) is 5.69. The monoisotopic (exact) mass is 439 g/mol. The molecule has 160 valence electrons. The number of ether oxygens (including phenoxy) is 1. The summed E-state index contributed by atoms with van der Waals surface area (Å²) in [6.45, 7) is 3.20. The Bertz CT molecular complexity index is 1170. The van der Waals surface area contributed by atoms with Gasteiger partial charge in [0, 0.05) is 31.9 Å². The van der Waals surface area contributed by atoms with Crippen LogP contribution >= 0.6 is 11.3 Å². The maximum atomic E-state index is 13.3. The molecular formula is C22H22FN5O2S. The first-order chi connectivity index (χ1) is 15.1. The van der Waals surface area contributed by atoms with Crippen molar-refractivity contribution in [2.45, 2.75) is 6.04 Å². The van der Waals surface area contributed by atoms with Crippen LogP contribution in [0.3, 0.4) is 0 Å². The summed E-state index contributed by atoms with van der Waals surface area (Å²) < 4.78 is 20.1. The van der Waals surface area contributed by atoms with Crippen LogP contribution in [0.2, 0.25) is 0 Å². The van der Waals surface area contributed by atoms with Gasteiger partial charge in [0.15, 0.2) is 0 Å². The van der Waals surface area contributed by atoms with Gasteiger partial charge in [0.25, 0.3) is 0 Å². The molecule has 0 bridgehead atoms. The molecule has 5 rings (SSSR count). The lowest BCUT2D eigenvalue weighted by atomic mass is 10.0. The van der Waals surface area contributed by atoms with E-state index in [1.54, 1.807) is 7.11 Å². The van der Waals surface area contributed by atoms with Crippen molar-refractivity contribution in [2.75, 3.05) is 38.2 Å². The molecule has 31 heavy (non-hydrogen) atoms. The van der Waals surface area contributed by atoms with E-state index in [1.165, 1.54) is 34.3 Å². The summed E-state index contributed by atoms with van der Waals surface area (Å²) in [4.78, 5) is 10.3. The first-order valence-corrected chi connectivity index (χ1v) is 10.9. The number of anilines is 1. The third-order valence-corrected chi connectivity index (χ3v) is 6.78. The number of thiazole rings is 1. The predicted octanol–water partition coefficient (Wildman–Crippen LogP) is 3.56. The second-order valence-corrected chi connectivity index (χ2v) is 8.43. The van der Waals surface area contributed by atoms with Crippen LogP contribution in [-0.2, 0) is 0 Å². The number of aromatic hydroxyl groups is 1. The Morgan fingerprint density at radius 2 is 1.74 bits per heavy atom. The second kappa shape index (κ2) is 8.16. The van der Waals surface area contributed by atoms with Crippen molar-refractivity contribution in [1.82, 2.24) is 19.5 Å². The Hall–Kier alpha value is -3.17. The van der Waals surface area contributed by atoms with E-state index in [0.29, 0.717) is 4.96 Å². The van der Waals surface area contributed by atoms with Crippen molar-refractivity contribution in [3.05, 3.63) is 71.1 Å². The van der Waals surface area contributed by atoms with E-state index in [1.807, 2.05) is 36.4 Å². The van der Waals surface area contributed by atoms with Crippen LogP contribution in [-0.4, -0.2) is 57.9 Å². The number of piperazine rings is 1. The normalized spacial score (nSPS) is 16.0. The molecule has 1 fully saturated rings. The van der Waals surface area contributed by atoms with Crippen LogP contribution < -0.4 is 9.64 Å². The minimum absolute atomic E-state index is 0.124. The highest BCUT2D eigenvalue weighted by Crippen LogP contribution is 2.40. The molecule has 0 amide bonds. The molecule has 7 nitrogen and oxygen atoms in total. The molecule has 0 spiro atoms. The molecule has 0 radical (unpaired) electrons. The van der Waals surface area contributed by atoms with Gasteiger partial charge in [0.05, 0.1) is 18.0 Å². The number of nitrogens with zero attached hydrogens (tertiary/aromatic N) is 5. The largest absolute Gasteiger partial charge is 0.497 e. The van der Waals surface area contributed by atoms with E-state index in [-0.39, 0.29) is 17.7 Å². The first kappa shape index (κ1) is 19.8. The van der Waals surface area contributed by atoms with Gasteiger partial charge >= 0.3 is 0 Å². The number of rotatable bonds is 5. The summed E-state index contributed by atoms with van der Waals surface area (Å²) >= 11 is 1.45. The SMILES string of the molecule is COc1ccc([C@H](c2sc3ncnn3c2O)N2CCN(c3ccc(F)cc3)CC2)cc1. The number of aromatic nitrogens is 3. The maximum Gasteiger partial charge on any atom is 0.230 e. The van der Waals surface area contributed by atoms with Crippen molar-refractivity contribution in [2.24, 2.45) is 0 Å². The third kappa shape index (κ3) is 3.70. The Labute approximate surface area is 182 Å². The summed E-state index contributed by atoms with van der Waals surface area (Å²) in [6.07, 6.45) is 1.44. The van der Waals surface area contributed by atoms with E-state index in [9.17, 15) is 9.50 Å². The summed E-state index contributed by atoms with van der Waals surface area (Å²) in [5.41, 5.74) is 2.08. The van der Waals surface area contributed by atoms with Gasteiger partial charge in [0.1, 0.15) is 17.9 Å². The summed E-state index contributed by atoms with van der Waals surface area (Å²) in [5.74, 6) is 0.684. The highest BCUT2D eigenvalue weighted by molar-refractivity contribution is 7.17. The van der Waals surface area contributed by atoms with Crippen molar-refractivity contribution >= 4 is 22.0 Å². The average Bonchev–Trinajstić information content (AvgIpc) is 3.39. The molecule has 3 heterocycles. The fraction of sp³-hybridized carbons (Fsp3) is 0.273. The Kier molecular flexibility index (Phi) is 5.21. The van der Waals surface area contributed by atoms with Crippen LogP contribution in [0.15, 0.2) is 54.9 Å². The zero-order valence-corrected chi connectivity index (χ0v) is 17.8. The highest BCUT2D eigenvalue weighted by atomic mass is 32.1. The number of benzene rings is 2. The average molecular weight is 440 g/mol. The number of fused-ring (bicyclic) bond motifs is 1. The second-order valence-electron chi connectivity index (χ2n) is 7.42.